The second-order valence-corrected chi connectivity index (χ2v) is 6.51. The number of hydrogen-bond donors (Lipinski definition) is 1. The normalized spacial score (nSPS) is 10.5. The third-order valence-corrected chi connectivity index (χ3v) is 4.44. The molecule has 1 aromatic heterocycles. The van der Waals surface area contributed by atoms with Gasteiger partial charge in [-0.3, -0.25) is 10.1 Å². The van der Waals surface area contributed by atoms with Crippen LogP contribution in [0.3, 0.4) is 0 Å². The van der Waals surface area contributed by atoms with E-state index in [2.05, 4.69) is 22.4 Å². The lowest BCUT2D eigenvalue weighted by Crippen LogP contribution is -2.12. The molecule has 2 aromatic carbocycles. The highest BCUT2D eigenvalue weighted by molar-refractivity contribution is 6.03. The van der Waals surface area contributed by atoms with Crippen molar-refractivity contribution in [2.45, 2.75) is 19.8 Å². The Kier molecular flexibility index (Phi) is 7.31. The van der Waals surface area contributed by atoms with Crippen LogP contribution < -0.4 is 24.3 Å². The van der Waals surface area contributed by atoms with Gasteiger partial charge in [0.05, 0.1) is 27.9 Å². The number of nitrogens with one attached hydrogen (secondary N) is 1. The monoisotopic (exact) mass is 427 g/mol. The van der Waals surface area contributed by atoms with Crippen LogP contribution in [0.4, 0.5) is 6.01 Å². The molecule has 9 nitrogen and oxygen atoms in total. The summed E-state index contributed by atoms with van der Waals surface area (Å²) in [6.45, 7) is 2.75. The molecule has 0 spiro atoms. The number of methoxy groups -OCH3 is 3. The minimum absolute atomic E-state index is 0.0305. The van der Waals surface area contributed by atoms with Crippen molar-refractivity contribution >= 4 is 11.9 Å². The summed E-state index contributed by atoms with van der Waals surface area (Å²) in [5, 5.41) is 10.5. The summed E-state index contributed by atoms with van der Waals surface area (Å²) in [5.74, 6) is 1.87. The van der Waals surface area contributed by atoms with E-state index in [-0.39, 0.29) is 17.8 Å². The zero-order chi connectivity index (χ0) is 22.2. The molecule has 3 rings (SSSR count). The topological polar surface area (TPSA) is 105 Å². The van der Waals surface area contributed by atoms with Gasteiger partial charge in [-0.1, -0.05) is 18.4 Å². The SMILES string of the molecule is CCCCOc1ccc(C(=O)Nc2nnc(-c3cc(OC)c(OC)c(OC)c3)o2)cc1. The first kappa shape index (κ1) is 21.9. The van der Waals surface area contributed by atoms with Gasteiger partial charge in [-0.2, -0.15) is 0 Å². The van der Waals surface area contributed by atoms with Gasteiger partial charge >= 0.3 is 6.01 Å². The summed E-state index contributed by atoms with van der Waals surface area (Å²) in [6.07, 6.45) is 2.04. The average Bonchev–Trinajstić information content (AvgIpc) is 3.27. The van der Waals surface area contributed by atoms with Gasteiger partial charge in [-0.05, 0) is 42.8 Å². The molecule has 1 heterocycles. The van der Waals surface area contributed by atoms with Gasteiger partial charge < -0.3 is 23.4 Å². The molecular weight excluding hydrogens is 402 g/mol. The molecule has 0 aliphatic rings. The van der Waals surface area contributed by atoms with Crippen molar-refractivity contribution in [2.24, 2.45) is 0 Å². The minimum atomic E-state index is -0.375. The fourth-order valence-electron chi connectivity index (χ4n) is 2.80. The van der Waals surface area contributed by atoms with E-state index in [4.69, 9.17) is 23.4 Å². The van der Waals surface area contributed by atoms with Crippen LogP contribution in [-0.4, -0.2) is 44.0 Å². The zero-order valence-corrected chi connectivity index (χ0v) is 17.9. The Labute approximate surface area is 180 Å². The third-order valence-electron chi connectivity index (χ3n) is 4.44. The molecule has 0 saturated heterocycles. The molecule has 164 valence electrons. The molecule has 0 fully saturated rings. The van der Waals surface area contributed by atoms with Crippen molar-refractivity contribution in [3.8, 4) is 34.5 Å². The quantitative estimate of drug-likeness (QED) is 0.480. The highest BCUT2D eigenvalue weighted by atomic mass is 16.5. The molecule has 9 heteroatoms. The van der Waals surface area contributed by atoms with Gasteiger partial charge in [0.15, 0.2) is 11.5 Å². The van der Waals surface area contributed by atoms with E-state index >= 15 is 0 Å². The number of nitrogens with zero attached hydrogens (tertiary/aromatic N) is 2. The maximum Gasteiger partial charge on any atom is 0.322 e. The van der Waals surface area contributed by atoms with Crippen molar-refractivity contribution in [3.05, 3.63) is 42.0 Å². The van der Waals surface area contributed by atoms with Crippen LogP contribution >= 0.6 is 0 Å². The molecule has 0 atom stereocenters. The molecule has 0 aliphatic carbocycles. The average molecular weight is 427 g/mol. The van der Waals surface area contributed by atoms with Crippen molar-refractivity contribution in [1.82, 2.24) is 10.2 Å². The summed E-state index contributed by atoms with van der Waals surface area (Å²) in [6, 6.07) is 10.2. The van der Waals surface area contributed by atoms with Crippen LogP contribution in [0.25, 0.3) is 11.5 Å². The van der Waals surface area contributed by atoms with Gasteiger partial charge in [0.1, 0.15) is 5.75 Å². The largest absolute Gasteiger partial charge is 0.494 e. The van der Waals surface area contributed by atoms with Crippen molar-refractivity contribution in [2.75, 3.05) is 33.3 Å². The number of benzene rings is 2. The number of anilines is 1. The molecule has 3 aromatic rings. The van der Waals surface area contributed by atoms with E-state index in [1.54, 1.807) is 36.4 Å². The summed E-state index contributed by atoms with van der Waals surface area (Å²) in [5.41, 5.74) is 0.992. The van der Waals surface area contributed by atoms with Crippen LogP contribution in [-0.2, 0) is 0 Å². The van der Waals surface area contributed by atoms with Crippen molar-refractivity contribution in [3.63, 3.8) is 0 Å². The van der Waals surface area contributed by atoms with Gasteiger partial charge in [-0.25, -0.2) is 0 Å². The van der Waals surface area contributed by atoms with E-state index in [1.807, 2.05) is 0 Å². The van der Waals surface area contributed by atoms with E-state index < -0.39 is 0 Å². The standard InChI is InChI=1S/C22H25N3O6/c1-5-6-11-30-16-9-7-14(8-10-16)20(26)23-22-25-24-21(31-22)15-12-17(27-2)19(29-4)18(13-15)28-3/h7-10,12-13H,5-6,11H2,1-4H3,(H,23,25,26). The minimum Gasteiger partial charge on any atom is -0.494 e. The fraction of sp³-hybridized carbons (Fsp3) is 0.318. The van der Waals surface area contributed by atoms with E-state index in [9.17, 15) is 4.79 Å². The molecule has 0 bridgehead atoms. The summed E-state index contributed by atoms with van der Waals surface area (Å²) in [4.78, 5) is 12.5. The lowest BCUT2D eigenvalue weighted by atomic mass is 10.2. The molecule has 0 aliphatic heterocycles. The Bertz CT molecular complexity index is 991. The zero-order valence-electron chi connectivity index (χ0n) is 17.9. The molecule has 0 saturated carbocycles. The van der Waals surface area contributed by atoms with Gasteiger partial charge in [0, 0.05) is 11.1 Å². The highest BCUT2D eigenvalue weighted by Crippen LogP contribution is 2.41. The van der Waals surface area contributed by atoms with Crippen LogP contribution in [0.2, 0.25) is 0 Å². The molecule has 1 N–H and O–H groups in total. The third kappa shape index (κ3) is 5.25. The summed E-state index contributed by atoms with van der Waals surface area (Å²) >= 11 is 0. The Morgan fingerprint density at radius 2 is 1.68 bits per heavy atom. The fourth-order valence-corrected chi connectivity index (χ4v) is 2.80. The molecular formula is C22H25N3O6. The van der Waals surface area contributed by atoms with Crippen LogP contribution in [0.1, 0.15) is 30.1 Å². The first-order valence-corrected chi connectivity index (χ1v) is 9.77. The first-order valence-electron chi connectivity index (χ1n) is 9.77. The first-order chi connectivity index (χ1) is 15.1. The number of carbonyl (C=O) groups is 1. The van der Waals surface area contributed by atoms with E-state index in [0.717, 1.165) is 12.8 Å². The number of carbonyl (C=O) groups excluding carboxylic acids is 1. The van der Waals surface area contributed by atoms with E-state index in [0.29, 0.717) is 40.7 Å². The molecule has 1 amide bonds. The Hall–Kier alpha value is -3.75. The number of unbranched alkanes of at least 4 members (excludes halogenated alkanes) is 1. The Morgan fingerprint density at radius 1 is 1.00 bits per heavy atom. The van der Waals surface area contributed by atoms with Crippen LogP contribution in [0, 0.1) is 0 Å². The second kappa shape index (κ2) is 10.3. The maximum absolute atomic E-state index is 12.5. The maximum atomic E-state index is 12.5. The van der Waals surface area contributed by atoms with Gasteiger partial charge in [0.25, 0.3) is 5.91 Å². The summed E-state index contributed by atoms with van der Waals surface area (Å²) < 4.78 is 27.2. The smallest absolute Gasteiger partial charge is 0.322 e. The molecule has 31 heavy (non-hydrogen) atoms. The Balaban J connectivity index is 1.72. The van der Waals surface area contributed by atoms with Crippen molar-refractivity contribution < 1.29 is 28.2 Å². The van der Waals surface area contributed by atoms with Crippen LogP contribution in [0.5, 0.6) is 23.0 Å². The number of amides is 1. The van der Waals surface area contributed by atoms with Gasteiger partial charge in [-0.15, -0.1) is 5.10 Å². The second-order valence-electron chi connectivity index (χ2n) is 6.51. The lowest BCUT2D eigenvalue weighted by Gasteiger charge is -2.12. The van der Waals surface area contributed by atoms with Crippen molar-refractivity contribution in [1.29, 1.82) is 0 Å². The van der Waals surface area contributed by atoms with Gasteiger partial charge in [0.2, 0.25) is 11.6 Å². The molecule has 0 unspecified atom stereocenters. The number of rotatable bonds is 10. The molecule has 0 radical (unpaired) electrons. The Morgan fingerprint density at radius 3 is 2.26 bits per heavy atom. The van der Waals surface area contributed by atoms with E-state index in [1.165, 1.54) is 21.3 Å². The number of hydrogen-bond acceptors (Lipinski definition) is 8. The van der Waals surface area contributed by atoms with Crippen LogP contribution in [0.15, 0.2) is 40.8 Å². The lowest BCUT2D eigenvalue weighted by molar-refractivity contribution is 0.102. The number of ether oxygens (including phenoxy) is 4. The predicted octanol–water partition coefficient (Wildman–Crippen LogP) is 4.19. The highest BCUT2D eigenvalue weighted by Gasteiger charge is 2.18. The summed E-state index contributed by atoms with van der Waals surface area (Å²) in [7, 11) is 4.55. The number of aromatic nitrogens is 2. The predicted molar refractivity (Wildman–Crippen MR) is 114 cm³/mol.